The van der Waals surface area contributed by atoms with Crippen LogP contribution in [0.5, 0.6) is 5.75 Å². The van der Waals surface area contributed by atoms with Gasteiger partial charge in [0.25, 0.3) is 0 Å². The van der Waals surface area contributed by atoms with Crippen molar-refractivity contribution in [2.24, 2.45) is 5.84 Å². The van der Waals surface area contributed by atoms with Crippen molar-refractivity contribution in [1.82, 2.24) is 5.43 Å². The third-order valence-electron chi connectivity index (χ3n) is 1.56. The molecular weight excluding hydrogens is 175 g/mol. The van der Waals surface area contributed by atoms with Gasteiger partial charge in [0.1, 0.15) is 11.6 Å². The molecule has 4 N–H and O–H groups in total. The highest BCUT2D eigenvalue weighted by Crippen LogP contribution is 2.18. The molecule has 70 valence electrons. The van der Waals surface area contributed by atoms with E-state index in [1.807, 2.05) is 5.43 Å². The van der Waals surface area contributed by atoms with Crippen molar-refractivity contribution in [2.45, 2.75) is 6.42 Å². The van der Waals surface area contributed by atoms with E-state index >= 15 is 0 Å². The predicted molar refractivity (Wildman–Crippen MR) is 44.1 cm³/mol. The number of nitrogens with one attached hydrogen (secondary N) is 1. The largest absolute Gasteiger partial charge is 0.508 e. The minimum atomic E-state index is -0.547. The van der Waals surface area contributed by atoms with Crippen molar-refractivity contribution in [2.75, 3.05) is 0 Å². The average Bonchev–Trinajstić information content (AvgIpc) is 2.09. The van der Waals surface area contributed by atoms with Crippen LogP contribution in [0.1, 0.15) is 5.56 Å². The number of phenols is 1. The first-order valence-electron chi connectivity index (χ1n) is 3.60. The molecule has 4 nitrogen and oxygen atoms in total. The molecule has 0 bridgehead atoms. The van der Waals surface area contributed by atoms with E-state index in [0.717, 1.165) is 6.07 Å². The quantitative estimate of drug-likeness (QED) is 0.345. The second-order valence-corrected chi connectivity index (χ2v) is 2.52. The SMILES string of the molecule is NNC(=O)Cc1ccc(F)cc1O. The standard InChI is InChI=1S/C8H9FN2O2/c9-6-2-1-5(7(12)4-6)3-8(13)11-10/h1-2,4,12H,3,10H2,(H,11,13). The van der Waals surface area contributed by atoms with Gasteiger partial charge >= 0.3 is 0 Å². The summed E-state index contributed by atoms with van der Waals surface area (Å²) in [5, 5.41) is 9.17. The van der Waals surface area contributed by atoms with Crippen LogP contribution < -0.4 is 11.3 Å². The number of rotatable bonds is 2. The van der Waals surface area contributed by atoms with Crippen molar-refractivity contribution >= 4 is 5.91 Å². The lowest BCUT2D eigenvalue weighted by Crippen LogP contribution is -2.31. The highest BCUT2D eigenvalue weighted by molar-refractivity contribution is 5.78. The second kappa shape index (κ2) is 3.86. The fourth-order valence-corrected chi connectivity index (χ4v) is 0.910. The molecule has 0 unspecified atom stereocenters. The molecule has 1 amide bonds. The molecule has 1 aromatic rings. The van der Waals surface area contributed by atoms with Gasteiger partial charge in [-0.3, -0.25) is 10.2 Å². The summed E-state index contributed by atoms with van der Waals surface area (Å²) in [4.78, 5) is 10.8. The van der Waals surface area contributed by atoms with E-state index in [-0.39, 0.29) is 12.2 Å². The van der Waals surface area contributed by atoms with Gasteiger partial charge in [0, 0.05) is 11.6 Å². The summed E-state index contributed by atoms with van der Waals surface area (Å²) in [5.41, 5.74) is 2.25. The van der Waals surface area contributed by atoms with E-state index in [4.69, 9.17) is 5.84 Å². The number of phenolic OH excluding ortho intramolecular Hbond substituents is 1. The Morgan fingerprint density at radius 1 is 1.62 bits per heavy atom. The molecule has 1 aromatic carbocycles. The van der Waals surface area contributed by atoms with E-state index in [1.165, 1.54) is 12.1 Å². The lowest BCUT2D eigenvalue weighted by Gasteiger charge is -2.02. The van der Waals surface area contributed by atoms with Gasteiger partial charge in [0.2, 0.25) is 5.91 Å². The summed E-state index contributed by atoms with van der Waals surface area (Å²) in [6, 6.07) is 3.44. The fourth-order valence-electron chi connectivity index (χ4n) is 0.910. The Kier molecular flexibility index (Phi) is 2.81. The molecule has 5 heteroatoms. The van der Waals surface area contributed by atoms with Crippen LogP contribution in [0.3, 0.4) is 0 Å². The van der Waals surface area contributed by atoms with E-state index in [1.54, 1.807) is 0 Å². The number of hydrazine groups is 1. The fraction of sp³-hybridized carbons (Fsp3) is 0.125. The number of aromatic hydroxyl groups is 1. The maximum Gasteiger partial charge on any atom is 0.238 e. The van der Waals surface area contributed by atoms with Crippen LogP contribution in [0.15, 0.2) is 18.2 Å². The summed E-state index contributed by atoms with van der Waals surface area (Å²) in [5.74, 6) is 3.61. The van der Waals surface area contributed by atoms with Crippen molar-refractivity contribution in [3.8, 4) is 5.75 Å². The number of amides is 1. The minimum absolute atomic E-state index is 0.0669. The second-order valence-electron chi connectivity index (χ2n) is 2.52. The van der Waals surface area contributed by atoms with Crippen LogP contribution in [0.4, 0.5) is 4.39 Å². The molecule has 13 heavy (non-hydrogen) atoms. The first-order chi connectivity index (χ1) is 6.13. The summed E-state index contributed by atoms with van der Waals surface area (Å²) in [6.45, 7) is 0. The highest BCUT2D eigenvalue weighted by atomic mass is 19.1. The monoisotopic (exact) mass is 184 g/mol. The molecule has 0 radical (unpaired) electrons. The Bertz CT molecular complexity index is 328. The van der Waals surface area contributed by atoms with Gasteiger partial charge in [-0.1, -0.05) is 6.07 Å². The van der Waals surface area contributed by atoms with Crippen LogP contribution in [0.25, 0.3) is 0 Å². The number of hydrogen-bond acceptors (Lipinski definition) is 3. The van der Waals surface area contributed by atoms with Crippen molar-refractivity contribution in [3.05, 3.63) is 29.6 Å². The minimum Gasteiger partial charge on any atom is -0.508 e. The summed E-state index contributed by atoms with van der Waals surface area (Å²) in [7, 11) is 0. The van der Waals surface area contributed by atoms with E-state index < -0.39 is 11.7 Å². The smallest absolute Gasteiger partial charge is 0.238 e. The number of benzene rings is 1. The van der Waals surface area contributed by atoms with Crippen LogP contribution in [-0.4, -0.2) is 11.0 Å². The summed E-state index contributed by atoms with van der Waals surface area (Å²) < 4.78 is 12.5. The first-order valence-corrected chi connectivity index (χ1v) is 3.60. The van der Waals surface area contributed by atoms with Gasteiger partial charge < -0.3 is 5.11 Å². The molecule has 0 spiro atoms. The molecular formula is C8H9FN2O2. The molecule has 0 saturated carbocycles. The molecule has 0 heterocycles. The molecule has 0 fully saturated rings. The molecule has 0 aromatic heterocycles. The van der Waals surface area contributed by atoms with Crippen LogP contribution in [0.2, 0.25) is 0 Å². The topological polar surface area (TPSA) is 75.3 Å². The Morgan fingerprint density at radius 2 is 2.31 bits per heavy atom. The van der Waals surface area contributed by atoms with Gasteiger partial charge in [-0.2, -0.15) is 0 Å². The number of nitrogens with two attached hydrogens (primary N) is 1. The molecule has 0 atom stereocenters. The Hall–Kier alpha value is -1.62. The molecule has 1 rings (SSSR count). The first kappa shape index (κ1) is 9.47. The van der Waals surface area contributed by atoms with E-state index in [9.17, 15) is 14.3 Å². The van der Waals surface area contributed by atoms with Gasteiger partial charge in [-0.05, 0) is 6.07 Å². The Morgan fingerprint density at radius 3 is 2.85 bits per heavy atom. The van der Waals surface area contributed by atoms with E-state index in [2.05, 4.69) is 0 Å². The summed E-state index contributed by atoms with van der Waals surface area (Å²) >= 11 is 0. The third-order valence-corrected chi connectivity index (χ3v) is 1.56. The zero-order valence-corrected chi connectivity index (χ0v) is 6.75. The number of hydrogen-bond donors (Lipinski definition) is 3. The Balaban J connectivity index is 2.83. The van der Waals surface area contributed by atoms with E-state index in [0.29, 0.717) is 5.56 Å². The normalized spacial score (nSPS) is 9.69. The van der Waals surface area contributed by atoms with Crippen LogP contribution in [0, 0.1) is 5.82 Å². The average molecular weight is 184 g/mol. The Labute approximate surface area is 74.1 Å². The third kappa shape index (κ3) is 2.41. The van der Waals surface area contributed by atoms with Crippen molar-refractivity contribution in [3.63, 3.8) is 0 Å². The molecule has 0 aliphatic rings. The number of carbonyl (C=O) groups is 1. The number of halogens is 1. The van der Waals surface area contributed by atoms with Gasteiger partial charge in [0.15, 0.2) is 0 Å². The summed E-state index contributed by atoms with van der Waals surface area (Å²) in [6.07, 6.45) is -0.0669. The van der Waals surface area contributed by atoms with Crippen LogP contribution >= 0.6 is 0 Å². The number of carbonyl (C=O) groups excluding carboxylic acids is 1. The molecule has 0 aliphatic carbocycles. The molecule has 0 aliphatic heterocycles. The predicted octanol–water partition coefficient (Wildman–Crippen LogP) is 0.0637. The van der Waals surface area contributed by atoms with Gasteiger partial charge in [-0.15, -0.1) is 0 Å². The lowest BCUT2D eigenvalue weighted by atomic mass is 10.1. The van der Waals surface area contributed by atoms with Crippen molar-refractivity contribution < 1.29 is 14.3 Å². The highest BCUT2D eigenvalue weighted by Gasteiger charge is 2.06. The zero-order chi connectivity index (χ0) is 9.84. The molecule has 0 saturated heterocycles. The lowest BCUT2D eigenvalue weighted by molar-refractivity contribution is -0.120. The van der Waals surface area contributed by atoms with Gasteiger partial charge in [-0.25, -0.2) is 10.2 Å². The van der Waals surface area contributed by atoms with Crippen molar-refractivity contribution in [1.29, 1.82) is 0 Å². The zero-order valence-electron chi connectivity index (χ0n) is 6.75. The maximum absolute atomic E-state index is 12.5. The van der Waals surface area contributed by atoms with Crippen LogP contribution in [-0.2, 0) is 11.2 Å². The maximum atomic E-state index is 12.5. The van der Waals surface area contributed by atoms with Gasteiger partial charge in [0.05, 0.1) is 6.42 Å².